The molecule has 2 amide bonds. The summed E-state index contributed by atoms with van der Waals surface area (Å²) in [6.07, 6.45) is -0.436. The number of carbonyl (C=O) groups is 2. The lowest BCUT2D eigenvalue weighted by Gasteiger charge is -2.27. The van der Waals surface area contributed by atoms with Gasteiger partial charge >= 0.3 is 6.09 Å². The Bertz CT molecular complexity index is 298. The number of nitrogens with two attached hydrogens (primary N) is 1. The lowest BCUT2D eigenvalue weighted by Crippen LogP contribution is -2.42. The zero-order valence-electron chi connectivity index (χ0n) is 10.6. The number of ether oxygens (including phenoxy) is 2. The molecule has 1 aliphatic heterocycles. The normalized spacial score (nSPS) is 21.8. The first kappa shape index (κ1) is 13.8. The van der Waals surface area contributed by atoms with Gasteiger partial charge in [-0.15, -0.1) is 0 Å². The molecule has 1 rings (SSSR count). The second kappa shape index (κ2) is 5.35. The van der Waals surface area contributed by atoms with Crippen LogP contribution in [0.1, 0.15) is 20.8 Å². The lowest BCUT2D eigenvalue weighted by molar-refractivity contribution is -0.123. The van der Waals surface area contributed by atoms with Gasteiger partial charge in [0.25, 0.3) is 0 Å². The Balaban J connectivity index is 2.62. The van der Waals surface area contributed by atoms with Crippen molar-refractivity contribution < 1.29 is 19.1 Å². The number of amides is 2. The van der Waals surface area contributed by atoms with E-state index in [0.29, 0.717) is 13.2 Å². The minimum absolute atomic E-state index is 0.254. The molecule has 1 aliphatic rings. The average Bonchev–Trinajstić information content (AvgIpc) is 2.39. The van der Waals surface area contributed by atoms with Gasteiger partial charge in [0, 0.05) is 13.1 Å². The van der Waals surface area contributed by atoms with Crippen molar-refractivity contribution in [2.45, 2.75) is 26.4 Å². The van der Waals surface area contributed by atoms with E-state index in [4.69, 9.17) is 15.2 Å². The van der Waals surface area contributed by atoms with E-state index in [1.807, 2.05) is 0 Å². The molecule has 17 heavy (non-hydrogen) atoms. The lowest BCUT2D eigenvalue weighted by atomic mass is 10.1. The number of hydrogen-bond donors (Lipinski definition) is 1. The minimum atomic E-state index is -0.549. The molecule has 1 unspecified atom stereocenters. The maximum atomic E-state index is 11.8. The van der Waals surface area contributed by atoms with E-state index < -0.39 is 23.5 Å². The Morgan fingerprint density at radius 1 is 1.41 bits per heavy atom. The molecule has 0 aromatic heterocycles. The highest BCUT2D eigenvalue weighted by Crippen LogP contribution is 2.13. The molecule has 0 radical (unpaired) electrons. The Morgan fingerprint density at radius 2 is 2.06 bits per heavy atom. The third-order valence-corrected chi connectivity index (χ3v) is 2.32. The van der Waals surface area contributed by atoms with E-state index in [1.54, 1.807) is 20.8 Å². The van der Waals surface area contributed by atoms with Crippen LogP contribution in [-0.2, 0) is 14.3 Å². The fourth-order valence-electron chi connectivity index (χ4n) is 1.47. The van der Waals surface area contributed by atoms with Crippen LogP contribution in [0.3, 0.4) is 0 Å². The molecular formula is C11H20N2O4. The smallest absolute Gasteiger partial charge is 0.410 e. The van der Waals surface area contributed by atoms with Crippen molar-refractivity contribution in [1.29, 1.82) is 0 Å². The standard InChI is InChI=1S/C11H20N2O4/c1-11(2,3)17-10(15)13-4-5-16-7-8(6-13)9(12)14/h8H,4-7H2,1-3H3,(H2,12,14). The molecule has 2 N–H and O–H groups in total. The van der Waals surface area contributed by atoms with Gasteiger partial charge in [-0.25, -0.2) is 4.79 Å². The van der Waals surface area contributed by atoms with Crippen molar-refractivity contribution in [3.63, 3.8) is 0 Å². The first-order valence-electron chi connectivity index (χ1n) is 5.64. The van der Waals surface area contributed by atoms with E-state index >= 15 is 0 Å². The third-order valence-electron chi connectivity index (χ3n) is 2.32. The van der Waals surface area contributed by atoms with Gasteiger partial charge in [0.1, 0.15) is 5.60 Å². The molecule has 1 saturated heterocycles. The zero-order valence-corrected chi connectivity index (χ0v) is 10.6. The second-order valence-electron chi connectivity index (χ2n) is 5.10. The molecule has 0 aromatic rings. The number of primary amides is 1. The van der Waals surface area contributed by atoms with Crippen LogP contribution >= 0.6 is 0 Å². The van der Waals surface area contributed by atoms with Crippen LogP contribution in [0.2, 0.25) is 0 Å². The van der Waals surface area contributed by atoms with E-state index in [9.17, 15) is 9.59 Å². The molecule has 98 valence electrons. The topological polar surface area (TPSA) is 81.9 Å². The zero-order chi connectivity index (χ0) is 13.1. The molecule has 6 heteroatoms. The molecule has 1 atom stereocenters. The highest BCUT2D eigenvalue weighted by molar-refractivity contribution is 5.78. The predicted molar refractivity (Wildman–Crippen MR) is 61.3 cm³/mol. The van der Waals surface area contributed by atoms with Gasteiger partial charge in [0.15, 0.2) is 0 Å². The summed E-state index contributed by atoms with van der Waals surface area (Å²) < 4.78 is 10.5. The Labute approximate surface area is 101 Å². The van der Waals surface area contributed by atoms with Crippen molar-refractivity contribution in [3.05, 3.63) is 0 Å². The summed E-state index contributed by atoms with van der Waals surface area (Å²) >= 11 is 0. The van der Waals surface area contributed by atoms with E-state index in [2.05, 4.69) is 0 Å². The molecule has 1 heterocycles. The molecule has 0 bridgehead atoms. The van der Waals surface area contributed by atoms with Gasteiger partial charge in [-0.2, -0.15) is 0 Å². The molecule has 1 fully saturated rings. The van der Waals surface area contributed by atoms with Crippen molar-refractivity contribution >= 4 is 12.0 Å². The van der Waals surface area contributed by atoms with Crippen molar-refractivity contribution in [2.24, 2.45) is 11.7 Å². The van der Waals surface area contributed by atoms with E-state index in [0.717, 1.165) is 0 Å². The van der Waals surface area contributed by atoms with Gasteiger partial charge in [0.05, 0.1) is 19.1 Å². The van der Waals surface area contributed by atoms with Crippen LogP contribution in [0.4, 0.5) is 4.79 Å². The Hall–Kier alpha value is -1.30. The highest BCUT2D eigenvalue weighted by atomic mass is 16.6. The molecule has 0 spiro atoms. The summed E-state index contributed by atoms with van der Waals surface area (Å²) in [4.78, 5) is 24.4. The van der Waals surface area contributed by atoms with Gasteiger partial charge in [-0.1, -0.05) is 0 Å². The summed E-state index contributed by atoms with van der Waals surface area (Å²) in [7, 11) is 0. The van der Waals surface area contributed by atoms with E-state index in [1.165, 1.54) is 4.90 Å². The first-order chi connectivity index (χ1) is 7.79. The largest absolute Gasteiger partial charge is 0.444 e. The number of hydrogen-bond acceptors (Lipinski definition) is 4. The van der Waals surface area contributed by atoms with Crippen LogP contribution in [0.5, 0.6) is 0 Å². The fourth-order valence-corrected chi connectivity index (χ4v) is 1.47. The molecule has 0 saturated carbocycles. The maximum Gasteiger partial charge on any atom is 0.410 e. The van der Waals surface area contributed by atoms with Crippen LogP contribution in [0.15, 0.2) is 0 Å². The van der Waals surface area contributed by atoms with Crippen LogP contribution in [0.25, 0.3) is 0 Å². The van der Waals surface area contributed by atoms with Crippen LogP contribution < -0.4 is 5.73 Å². The number of carbonyl (C=O) groups excluding carboxylic acids is 2. The third kappa shape index (κ3) is 4.60. The summed E-state index contributed by atoms with van der Waals surface area (Å²) in [5.41, 5.74) is 4.68. The van der Waals surface area contributed by atoms with Crippen LogP contribution in [-0.4, -0.2) is 48.8 Å². The fraction of sp³-hybridized carbons (Fsp3) is 0.818. The van der Waals surface area contributed by atoms with Gasteiger partial charge < -0.3 is 20.1 Å². The summed E-state index contributed by atoms with van der Waals surface area (Å²) in [6.45, 7) is 6.71. The maximum absolute atomic E-state index is 11.8. The van der Waals surface area contributed by atoms with Crippen molar-refractivity contribution in [3.8, 4) is 0 Å². The van der Waals surface area contributed by atoms with Gasteiger partial charge in [-0.05, 0) is 20.8 Å². The summed E-state index contributed by atoms with van der Waals surface area (Å²) in [5.74, 6) is -0.925. The van der Waals surface area contributed by atoms with Crippen molar-refractivity contribution in [2.75, 3.05) is 26.3 Å². The highest BCUT2D eigenvalue weighted by Gasteiger charge is 2.28. The van der Waals surface area contributed by atoms with Gasteiger partial charge in [0.2, 0.25) is 5.91 Å². The molecule has 6 nitrogen and oxygen atoms in total. The molecular weight excluding hydrogens is 224 g/mol. The first-order valence-corrected chi connectivity index (χ1v) is 5.64. The monoisotopic (exact) mass is 244 g/mol. The van der Waals surface area contributed by atoms with E-state index in [-0.39, 0.29) is 13.2 Å². The SMILES string of the molecule is CC(C)(C)OC(=O)N1CCOCC(C(N)=O)C1. The van der Waals surface area contributed by atoms with Crippen molar-refractivity contribution in [1.82, 2.24) is 4.90 Å². The number of rotatable bonds is 1. The van der Waals surface area contributed by atoms with Gasteiger partial charge in [-0.3, -0.25) is 4.79 Å². The quantitative estimate of drug-likeness (QED) is 0.721. The predicted octanol–water partition coefficient (Wildman–Crippen LogP) is 0.355. The Morgan fingerprint density at radius 3 is 2.59 bits per heavy atom. The summed E-state index contributed by atoms with van der Waals surface area (Å²) in [6, 6.07) is 0. The van der Waals surface area contributed by atoms with Crippen LogP contribution in [0, 0.1) is 5.92 Å². The second-order valence-corrected chi connectivity index (χ2v) is 5.10. The minimum Gasteiger partial charge on any atom is -0.444 e. The Kier molecular flexibility index (Phi) is 4.34. The summed E-state index contributed by atoms with van der Waals surface area (Å²) in [5, 5.41) is 0. The molecule has 0 aliphatic carbocycles. The number of nitrogens with zero attached hydrogens (tertiary/aromatic N) is 1. The molecule has 0 aromatic carbocycles. The average molecular weight is 244 g/mol.